The average molecular weight is 345 g/mol. The topological polar surface area (TPSA) is 104 Å². The Morgan fingerprint density at radius 2 is 2.14 bits per heavy atom. The van der Waals surface area contributed by atoms with E-state index in [0.29, 0.717) is 15.6 Å². The number of primary amides is 1. The summed E-state index contributed by atoms with van der Waals surface area (Å²) >= 11 is 10.6. The third kappa shape index (κ3) is 3.76. The monoisotopic (exact) mass is 344 g/mol. The molecule has 9 heteroatoms. The van der Waals surface area contributed by atoms with Gasteiger partial charge in [-0.2, -0.15) is 0 Å². The van der Waals surface area contributed by atoms with Crippen molar-refractivity contribution in [2.75, 3.05) is 11.6 Å². The minimum absolute atomic E-state index is 0.0429. The van der Waals surface area contributed by atoms with Crippen LogP contribution in [0.3, 0.4) is 0 Å². The van der Waals surface area contributed by atoms with Crippen LogP contribution in [0.5, 0.6) is 0 Å². The molecular formula is C12H10Cl2N4O2S. The maximum absolute atomic E-state index is 11.4. The van der Waals surface area contributed by atoms with Crippen molar-refractivity contribution in [3.8, 4) is 0 Å². The number of amides is 1. The molecule has 2 aromatic rings. The van der Waals surface area contributed by atoms with Gasteiger partial charge >= 0.3 is 0 Å². The van der Waals surface area contributed by atoms with E-state index in [4.69, 9.17) is 28.9 Å². The van der Waals surface area contributed by atoms with Crippen molar-refractivity contribution in [3.63, 3.8) is 0 Å². The summed E-state index contributed by atoms with van der Waals surface area (Å²) in [7, 11) is 0. The Morgan fingerprint density at radius 1 is 1.43 bits per heavy atom. The van der Waals surface area contributed by atoms with Crippen molar-refractivity contribution >= 4 is 51.8 Å². The fraction of sp³-hybridized carbons (Fsp3) is 0.0833. The van der Waals surface area contributed by atoms with Gasteiger partial charge in [-0.15, -0.1) is 0 Å². The summed E-state index contributed by atoms with van der Waals surface area (Å²) in [6.45, 7) is 0. The zero-order chi connectivity index (χ0) is 15.6. The van der Waals surface area contributed by atoms with Crippen molar-refractivity contribution in [1.29, 1.82) is 0 Å². The Kier molecular flexibility index (Phi) is 4.89. The first-order chi connectivity index (χ1) is 9.88. The lowest BCUT2D eigenvalue weighted by Crippen LogP contribution is -2.16. The molecule has 110 valence electrons. The van der Waals surface area contributed by atoms with Crippen LogP contribution in [0.2, 0.25) is 10.2 Å². The lowest BCUT2D eigenvalue weighted by Gasteiger charge is -2.11. The van der Waals surface area contributed by atoms with E-state index in [2.05, 4.69) is 15.3 Å². The van der Waals surface area contributed by atoms with Crippen LogP contribution >= 0.6 is 23.2 Å². The second-order valence-corrected chi connectivity index (χ2v) is 6.12. The van der Waals surface area contributed by atoms with Gasteiger partial charge in [-0.1, -0.05) is 23.2 Å². The van der Waals surface area contributed by atoms with Crippen molar-refractivity contribution < 1.29 is 9.35 Å². The van der Waals surface area contributed by atoms with E-state index < -0.39 is 17.1 Å². The van der Waals surface area contributed by atoms with Crippen LogP contribution in [0.1, 0.15) is 10.5 Å². The number of anilines is 2. The van der Waals surface area contributed by atoms with Gasteiger partial charge in [0.25, 0.3) is 5.91 Å². The highest BCUT2D eigenvalue weighted by atomic mass is 35.5. The maximum atomic E-state index is 11.4. The number of aromatic nitrogens is 2. The smallest absolute Gasteiger partial charge is 0.271 e. The predicted molar refractivity (Wildman–Crippen MR) is 82.6 cm³/mol. The Morgan fingerprint density at radius 3 is 2.71 bits per heavy atom. The van der Waals surface area contributed by atoms with E-state index >= 15 is 0 Å². The first-order valence-corrected chi connectivity index (χ1v) is 7.92. The molecule has 0 fully saturated rings. The molecule has 1 amide bonds. The van der Waals surface area contributed by atoms with E-state index in [1.807, 2.05) is 0 Å². The van der Waals surface area contributed by atoms with Crippen LogP contribution in [0.25, 0.3) is 0 Å². The minimum Gasteiger partial charge on any atom is -0.612 e. The number of hydrogen-bond donors (Lipinski definition) is 2. The molecule has 1 aromatic carbocycles. The maximum Gasteiger partial charge on any atom is 0.271 e. The van der Waals surface area contributed by atoms with Crippen LogP contribution in [0.15, 0.2) is 29.3 Å². The molecule has 3 N–H and O–H groups in total. The molecule has 0 bridgehead atoms. The summed E-state index contributed by atoms with van der Waals surface area (Å²) in [5.74, 6) is -0.615. The second kappa shape index (κ2) is 6.48. The van der Waals surface area contributed by atoms with E-state index in [9.17, 15) is 9.35 Å². The minimum atomic E-state index is -1.19. The first-order valence-electron chi connectivity index (χ1n) is 5.61. The Hall–Kier alpha value is -1.54. The number of rotatable bonds is 4. The highest BCUT2D eigenvalue weighted by molar-refractivity contribution is 7.90. The van der Waals surface area contributed by atoms with Crippen LogP contribution in [0, 0.1) is 0 Å². The molecule has 1 aromatic heterocycles. The molecule has 0 saturated carbocycles. The van der Waals surface area contributed by atoms with Gasteiger partial charge in [0, 0.05) is 5.69 Å². The number of halogens is 2. The molecule has 1 heterocycles. The molecule has 2 rings (SSSR count). The molecule has 6 nitrogen and oxygen atoms in total. The summed E-state index contributed by atoms with van der Waals surface area (Å²) < 4.78 is 11.4. The quantitative estimate of drug-likeness (QED) is 0.828. The Balaban J connectivity index is 2.36. The van der Waals surface area contributed by atoms with E-state index in [1.165, 1.54) is 12.5 Å². The van der Waals surface area contributed by atoms with Gasteiger partial charge in [-0.05, 0) is 29.4 Å². The molecule has 0 spiro atoms. The van der Waals surface area contributed by atoms with Gasteiger partial charge in [-0.25, -0.2) is 9.97 Å². The molecule has 0 saturated heterocycles. The van der Waals surface area contributed by atoms with Crippen molar-refractivity contribution in [1.82, 2.24) is 9.97 Å². The van der Waals surface area contributed by atoms with E-state index in [1.54, 1.807) is 18.2 Å². The lowest BCUT2D eigenvalue weighted by molar-refractivity contribution is 0.0996. The van der Waals surface area contributed by atoms with Crippen LogP contribution in [-0.4, -0.2) is 26.7 Å². The predicted octanol–water partition coefficient (Wildman–Crippen LogP) is 2.36. The Bertz CT molecular complexity index is 697. The van der Waals surface area contributed by atoms with Crippen molar-refractivity contribution in [2.45, 2.75) is 4.90 Å². The first kappa shape index (κ1) is 15.8. The third-order valence-electron chi connectivity index (χ3n) is 2.48. The lowest BCUT2D eigenvalue weighted by atomic mass is 10.3. The third-order valence-corrected chi connectivity index (χ3v) is 4.06. The van der Waals surface area contributed by atoms with Crippen LogP contribution < -0.4 is 11.1 Å². The fourth-order valence-corrected chi connectivity index (χ4v) is 2.82. The van der Waals surface area contributed by atoms with Crippen molar-refractivity contribution in [3.05, 3.63) is 40.3 Å². The van der Waals surface area contributed by atoms with Gasteiger partial charge < -0.3 is 15.6 Å². The standard InChI is InChI=1S/C12H10Cl2N4O2S/c1-21(20)8-3-2-6(4-7(8)13)17-12-10(11(15)19)16-5-9(14)18-12/h2-5H,1H3,(H2,15,19)(H,17,18). The molecule has 21 heavy (non-hydrogen) atoms. The zero-order valence-electron chi connectivity index (χ0n) is 10.8. The molecule has 0 aliphatic carbocycles. The van der Waals surface area contributed by atoms with Gasteiger partial charge in [0.2, 0.25) is 0 Å². The zero-order valence-corrected chi connectivity index (χ0v) is 13.1. The van der Waals surface area contributed by atoms with Crippen molar-refractivity contribution in [2.24, 2.45) is 5.73 Å². The molecule has 0 aliphatic rings. The molecule has 0 radical (unpaired) electrons. The molecule has 1 atom stereocenters. The molecule has 0 aliphatic heterocycles. The number of nitrogens with two attached hydrogens (primary N) is 1. The van der Waals surface area contributed by atoms with E-state index in [-0.39, 0.29) is 16.7 Å². The number of nitrogens with one attached hydrogen (secondary N) is 1. The number of benzene rings is 1. The van der Waals surface area contributed by atoms with E-state index in [0.717, 1.165) is 0 Å². The highest BCUT2D eigenvalue weighted by Crippen LogP contribution is 2.27. The number of nitrogens with zero attached hydrogens (tertiary/aromatic N) is 2. The fourth-order valence-electron chi connectivity index (χ4n) is 1.58. The summed E-state index contributed by atoms with van der Waals surface area (Å²) in [5.41, 5.74) is 5.71. The Labute approximate surface area is 133 Å². The summed E-state index contributed by atoms with van der Waals surface area (Å²) in [5, 5.41) is 3.30. The molecular weight excluding hydrogens is 335 g/mol. The van der Waals surface area contributed by atoms with Crippen LogP contribution in [-0.2, 0) is 11.2 Å². The summed E-state index contributed by atoms with van der Waals surface area (Å²) in [6, 6.07) is 4.82. The largest absolute Gasteiger partial charge is 0.612 e. The highest BCUT2D eigenvalue weighted by Gasteiger charge is 2.15. The summed E-state index contributed by atoms with van der Waals surface area (Å²) in [6.07, 6.45) is 2.76. The molecule has 1 unspecified atom stereocenters. The summed E-state index contributed by atoms with van der Waals surface area (Å²) in [4.78, 5) is 19.6. The van der Waals surface area contributed by atoms with Gasteiger partial charge in [0.05, 0.1) is 11.2 Å². The van der Waals surface area contributed by atoms with Crippen LogP contribution in [0.4, 0.5) is 11.5 Å². The average Bonchev–Trinajstić information content (AvgIpc) is 2.37. The second-order valence-electron chi connectivity index (χ2n) is 3.98. The number of carbonyl (C=O) groups is 1. The SMILES string of the molecule is C[S+]([O-])c1ccc(Nc2nc(Cl)cnc2C(N)=O)cc1Cl. The number of carbonyl (C=O) groups excluding carboxylic acids is 1. The van der Waals surface area contributed by atoms with Gasteiger partial charge in [-0.3, -0.25) is 4.79 Å². The van der Waals surface area contributed by atoms with Gasteiger partial charge in [0.1, 0.15) is 11.4 Å². The normalized spacial score (nSPS) is 12.0. The van der Waals surface area contributed by atoms with Gasteiger partial charge in [0.15, 0.2) is 16.4 Å². The number of hydrogen-bond acceptors (Lipinski definition) is 5.